The first-order chi connectivity index (χ1) is 7.36. The molecule has 0 saturated heterocycles. The van der Waals surface area contributed by atoms with Crippen LogP contribution in [0.3, 0.4) is 0 Å². The molecule has 0 saturated carbocycles. The third-order valence-electron chi connectivity index (χ3n) is 2.01. The Morgan fingerprint density at radius 3 is 2.44 bits per heavy atom. The van der Waals surface area contributed by atoms with E-state index >= 15 is 0 Å². The average molecular weight is 240 g/mol. The van der Waals surface area contributed by atoms with Gasteiger partial charge in [-0.05, 0) is 24.6 Å². The van der Waals surface area contributed by atoms with Gasteiger partial charge in [0, 0.05) is 6.26 Å². The zero-order valence-electron chi connectivity index (χ0n) is 8.97. The summed E-state index contributed by atoms with van der Waals surface area (Å²) < 4.78 is 23.0. The molecular formula is C11H12O4S. The van der Waals surface area contributed by atoms with E-state index in [0.717, 1.165) is 6.26 Å². The third kappa shape index (κ3) is 2.70. The Labute approximate surface area is 94.1 Å². The highest BCUT2D eigenvalue weighted by atomic mass is 32.2. The largest absolute Gasteiger partial charge is 0.478 e. The van der Waals surface area contributed by atoms with E-state index in [1.54, 1.807) is 19.1 Å². The van der Waals surface area contributed by atoms with E-state index in [4.69, 9.17) is 5.11 Å². The Kier molecular flexibility index (Phi) is 3.49. The van der Waals surface area contributed by atoms with Gasteiger partial charge in [-0.15, -0.1) is 0 Å². The van der Waals surface area contributed by atoms with E-state index in [2.05, 4.69) is 0 Å². The summed E-state index contributed by atoms with van der Waals surface area (Å²) in [4.78, 5) is 10.8. The number of carboxylic acids is 1. The highest BCUT2D eigenvalue weighted by Gasteiger charge is 2.14. The molecule has 0 fully saturated rings. The minimum atomic E-state index is -3.43. The van der Waals surface area contributed by atoms with Crippen LogP contribution in [0.5, 0.6) is 0 Å². The Balaban J connectivity index is 3.51. The molecule has 0 radical (unpaired) electrons. The van der Waals surface area contributed by atoms with Crippen LogP contribution in [0.4, 0.5) is 0 Å². The van der Waals surface area contributed by atoms with Gasteiger partial charge in [-0.25, -0.2) is 13.2 Å². The summed E-state index contributed by atoms with van der Waals surface area (Å²) in [5.41, 5.74) is 0.462. The smallest absolute Gasteiger partial charge is 0.335 e. The second kappa shape index (κ2) is 4.49. The predicted molar refractivity (Wildman–Crippen MR) is 61.2 cm³/mol. The Morgan fingerprint density at radius 2 is 2.00 bits per heavy atom. The molecule has 16 heavy (non-hydrogen) atoms. The van der Waals surface area contributed by atoms with Gasteiger partial charge in [0.25, 0.3) is 0 Å². The van der Waals surface area contributed by atoms with Crippen molar-refractivity contribution in [3.05, 3.63) is 35.4 Å². The van der Waals surface area contributed by atoms with Crippen molar-refractivity contribution in [1.82, 2.24) is 0 Å². The van der Waals surface area contributed by atoms with Crippen molar-refractivity contribution in [2.24, 2.45) is 0 Å². The maximum Gasteiger partial charge on any atom is 0.335 e. The van der Waals surface area contributed by atoms with Gasteiger partial charge in [-0.1, -0.05) is 18.2 Å². The molecule has 86 valence electrons. The van der Waals surface area contributed by atoms with E-state index in [9.17, 15) is 13.2 Å². The van der Waals surface area contributed by atoms with Crippen molar-refractivity contribution >= 4 is 21.9 Å². The zero-order valence-corrected chi connectivity index (χ0v) is 9.78. The highest BCUT2D eigenvalue weighted by molar-refractivity contribution is 7.90. The second-order valence-corrected chi connectivity index (χ2v) is 5.31. The highest BCUT2D eigenvalue weighted by Crippen LogP contribution is 2.19. The molecule has 5 heteroatoms. The Bertz CT molecular complexity index is 541. The minimum Gasteiger partial charge on any atom is -0.478 e. The van der Waals surface area contributed by atoms with E-state index < -0.39 is 15.8 Å². The van der Waals surface area contributed by atoms with Crippen molar-refractivity contribution in [1.29, 1.82) is 0 Å². The summed E-state index contributed by atoms with van der Waals surface area (Å²) >= 11 is 0. The van der Waals surface area contributed by atoms with Crippen LogP contribution >= 0.6 is 0 Å². The molecule has 1 N–H and O–H groups in total. The van der Waals surface area contributed by atoms with Crippen LogP contribution < -0.4 is 0 Å². The first kappa shape index (κ1) is 12.4. The average Bonchev–Trinajstić information content (AvgIpc) is 2.16. The van der Waals surface area contributed by atoms with Crippen LogP contribution in [0, 0.1) is 0 Å². The lowest BCUT2D eigenvalue weighted by atomic mass is 10.1. The van der Waals surface area contributed by atoms with E-state index in [-0.39, 0.29) is 10.5 Å². The topological polar surface area (TPSA) is 71.4 Å². The molecule has 0 bridgehead atoms. The minimum absolute atomic E-state index is 0.0329. The Morgan fingerprint density at radius 1 is 1.38 bits per heavy atom. The van der Waals surface area contributed by atoms with E-state index in [0.29, 0.717) is 5.56 Å². The first-order valence-corrected chi connectivity index (χ1v) is 6.45. The molecule has 0 amide bonds. The fraction of sp³-hybridized carbons (Fsp3) is 0.182. The number of sulfone groups is 1. The molecule has 0 atom stereocenters. The third-order valence-corrected chi connectivity index (χ3v) is 3.16. The molecule has 0 aliphatic carbocycles. The number of rotatable bonds is 3. The Hall–Kier alpha value is -1.62. The van der Waals surface area contributed by atoms with Gasteiger partial charge in [0.1, 0.15) is 0 Å². The lowest BCUT2D eigenvalue weighted by Gasteiger charge is -2.05. The molecule has 1 rings (SSSR count). The molecule has 0 heterocycles. The fourth-order valence-electron chi connectivity index (χ4n) is 1.31. The number of carboxylic acid groups (broad SMARTS) is 1. The molecule has 0 aliphatic rings. The molecule has 1 aromatic rings. The standard InChI is InChI=1S/C11H12O4S/c1-3-4-8-5-6-9(11(12)13)7-10(8)16(2,14)15/h3-7H,1-2H3,(H,12,13). The molecule has 0 unspecified atom stereocenters. The lowest BCUT2D eigenvalue weighted by molar-refractivity contribution is 0.0696. The summed E-state index contributed by atoms with van der Waals surface area (Å²) in [6.45, 7) is 1.76. The SMILES string of the molecule is CC=Cc1ccc(C(=O)O)cc1S(C)(=O)=O. The molecule has 0 spiro atoms. The van der Waals surface area contributed by atoms with Crippen molar-refractivity contribution in [2.45, 2.75) is 11.8 Å². The van der Waals surface area contributed by atoms with Crippen molar-refractivity contribution < 1.29 is 18.3 Å². The second-order valence-electron chi connectivity index (χ2n) is 3.33. The molecule has 0 aliphatic heterocycles. The quantitative estimate of drug-likeness (QED) is 0.874. The van der Waals surface area contributed by atoms with Crippen molar-refractivity contribution in [3.8, 4) is 0 Å². The van der Waals surface area contributed by atoms with Gasteiger partial charge in [0.15, 0.2) is 9.84 Å². The maximum atomic E-state index is 11.5. The number of hydrogen-bond donors (Lipinski definition) is 1. The van der Waals surface area contributed by atoms with Crippen molar-refractivity contribution in [2.75, 3.05) is 6.26 Å². The first-order valence-electron chi connectivity index (χ1n) is 4.56. The fourth-order valence-corrected chi connectivity index (χ4v) is 2.21. The van der Waals surface area contributed by atoms with Crippen LogP contribution in [0.25, 0.3) is 6.08 Å². The van der Waals surface area contributed by atoms with Crippen LogP contribution in [-0.4, -0.2) is 25.7 Å². The summed E-state index contributed by atoms with van der Waals surface area (Å²) in [6, 6.07) is 4.04. The van der Waals surface area contributed by atoms with Crippen molar-refractivity contribution in [3.63, 3.8) is 0 Å². The number of carbonyl (C=O) groups is 1. The van der Waals surface area contributed by atoms with E-state index in [1.807, 2.05) is 0 Å². The summed E-state index contributed by atoms with van der Waals surface area (Å²) in [7, 11) is -3.43. The van der Waals surface area contributed by atoms with Gasteiger partial charge in [-0.3, -0.25) is 0 Å². The van der Waals surface area contributed by atoms with Gasteiger partial charge < -0.3 is 5.11 Å². The number of aromatic carboxylic acids is 1. The van der Waals surface area contributed by atoms with Gasteiger partial charge >= 0.3 is 5.97 Å². The monoisotopic (exact) mass is 240 g/mol. The van der Waals surface area contributed by atoms with Crippen LogP contribution in [0.15, 0.2) is 29.2 Å². The maximum absolute atomic E-state index is 11.5. The van der Waals surface area contributed by atoms with Gasteiger partial charge in [0.05, 0.1) is 10.5 Å². The lowest BCUT2D eigenvalue weighted by Crippen LogP contribution is -2.04. The molecule has 1 aromatic carbocycles. The summed E-state index contributed by atoms with van der Waals surface area (Å²) in [5, 5.41) is 8.78. The predicted octanol–water partition coefficient (Wildman–Crippen LogP) is 1.82. The van der Waals surface area contributed by atoms with Crippen LogP contribution in [0.2, 0.25) is 0 Å². The summed E-state index contributed by atoms with van der Waals surface area (Å²) in [5.74, 6) is -1.14. The van der Waals surface area contributed by atoms with Gasteiger partial charge in [-0.2, -0.15) is 0 Å². The normalized spacial score (nSPS) is 11.9. The molecule has 4 nitrogen and oxygen atoms in total. The van der Waals surface area contributed by atoms with Crippen LogP contribution in [-0.2, 0) is 9.84 Å². The number of benzene rings is 1. The number of hydrogen-bond acceptors (Lipinski definition) is 3. The number of allylic oxidation sites excluding steroid dienone is 1. The van der Waals surface area contributed by atoms with Crippen LogP contribution in [0.1, 0.15) is 22.8 Å². The van der Waals surface area contributed by atoms with E-state index in [1.165, 1.54) is 18.2 Å². The molecular weight excluding hydrogens is 228 g/mol. The summed E-state index contributed by atoms with van der Waals surface area (Å²) in [6.07, 6.45) is 4.38. The zero-order chi connectivity index (χ0) is 12.3. The molecule has 0 aromatic heterocycles. The van der Waals surface area contributed by atoms with Gasteiger partial charge in [0.2, 0.25) is 0 Å².